The van der Waals surface area contributed by atoms with E-state index in [1.54, 1.807) is 0 Å². The molecule has 2 aliphatic rings. The van der Waals surface area contributed by atoms with Crippen molar-refractivity contribution in [3.05, 3.63) is 88.5 Å². The molecule has 0 saturated carbocycles. The van der Waals surface area contributed by atoms with Gasteiger partial charge in [0, 0.05) is 29.8 Å². The molecular formula is C30H33NO3. The summed E-state index contributed by atoms with van der Waals surface area (Å²) >= 11 is 0. The van der Waals surface area contributed by atoms with Crippen LogP contribution in [-0.4, -0.2) is 19.1 Å². The van der Waals surface area contributed by atoms with E-state index in [4.69, 9.17) is 9.47 Å². The highest BCUT2D eigenvalue weighted by atomic mass is 16.6. The lowest BCUT2D eigenvalue weighted by Gasteiger charge is -2.36. The number of carbonyl (C=O) groups excluding carboxylic acids is 1. The maximum Gasteiger partial charge on any atom is 0.342 e. The van der Waals surface area contributed by atoms with Gasteiger partial charge in [-0.15, -0.1) is 0 Å². The van der Waals surface area contributed by atoms with Gasteiger partial charge in [0.05, 0.1) is 11.3 Å². The van der Waals surface area contributed by atoms with Crippen LogP contribution in [0.3, 0.4) is 0 Å². The van der Waals surface area contributed by atoms with Crippen LogP contribution in [0.15, 0.2) is 60.7 Å². The minimum absolute atomic E-state index is 0.250. The molecule has 0 atom stereocenters. The van der Waals surface area contributed by atoms with E-state index in [9.17, 15) is 4.79 Å². The first-order chi connectivity index (χ1) is 16.5. The lowest BCUT2D eigenvalue weighted by Crippen LogP contribution is -2.33. The van der Waals surface area contributed by atoms with Gasteiger partial charge in [0.2, 0.25) is 0 Å². The monoisotopic (exact) mass is 455 g/mol. The van der Waals surface area contributed by atoms with Crippen molar-refractivity contribution in [3.63, 3.8) is 0 Å². The van der Waals surface area contributed by atoms with Crippen LogP contribution in [0.4, 0.5) is 5.69 Å². The van der Waals surface area contributed by atoms with Crippen molar-refractivity contribution in [2.75, 3.05) is 11.9 Å². The summed E-state index contributed by atoms with van der Waals surface area (Å²) in [6.45, 7) is 6.55. The number of ether oxygens (including phenoxy) is 2. The van der Waals surface area contributed by atoms with E-state index in [2.05, 4.69) is 44.9 Å². The topological polar surface area (TPSA) is 38.8 Å². The first-order valence-electron chi connectivity index (χ1n) is 12.5. The number of benzene rings is 3. The average Bonchev–Trinajstić information content (AvgIpc) is 3.14. The lowest BCUT2D eigenvalue weighted by atomic mass is 9.77. The SMILES string of the molecule is CCCCCCc1ccc2c(c1N(C)C(C)C)C(=O)OC21c2ccccc2Oc2ccccc21. The smallest absolute Gasteiger partial charge is 0.342 e. The molecule has 0 unspecified atom stereocenters. The van der Waals surface area contributed by atoms with Gasteiger partial charge in [-0.3, -0.25) is 0 Å². The average molecular weight is 456 g/mol. The number of rotatable bonds is 7. The fraction of sp³-hybridized carbons (Fsp3) is 0.367. The van der Waals surface area contributed by atoms with Gasteiger partial charge in [0.25, 0.3) is 0 Å². The van der Waals surface area contributed by atoms with Crippen LogP contribution < -0.4 is 9.64 Å². The minimum atomic E-state index is -1.01. The predicted molar refractivity (Wildman–Crippen MR) is 136 cm³/mol. The standard InChI is InChI=1S/C30H33NO3/c1-5-6-7-8-13-21-18-19-24-27(28(21)31(4)20(2)3)29(32)34-30(24)22-14-9-11-16-25(22)33-26-17-12-10-15-23(26)30/h9-12,14-20H,5-8,13H2,1-4H3. The van der Waals surface area contributed by atoms with E-state index in [1.165, 1.54) is 24.8 Å². The lowest BCUT2D eigenvalue weighted by molar-refractivity contribution is 0.0224. The third-order valence-electron chi connectivity index (χ3n) is 7.27. The highest BCUT2D eigenvalue weighted by molar-refractivity contribution is 6.03. The first kappa shape index (κ1) is 22.5. The number of para-hydroxylation sites is 2. The molecule has 0 radical (unpaired) electrons. The van der Waals surface area contributed by atoms with Gasteiger partial charge in [0.15, 0.2) is 5.60 Å². The molecule has 176 valence electrons. The van der Waals surface area contributed by atoms with Crippen molar-refractivity contribution in [2.24, 2.45) is 0 Å². The summed E-state index contributed by atoms with van der Waals surface area (Å²) in [6, 6.07) is 20.4. The molecule has 0 bridgehead atoms. The van der Waals surface area contributed by atoms with Crippen LogP contribution in [0.25, 0.3) is 0 Å². The van der Waals surface area contributed by atoms with E-state index in [0.29, 0.717) is 5.56 Å². The van der Waals surface area contributed by atoms with Crippen molar-refractivity contribution in [3.8, 4) is 11.5 Å². The molecule has 5 rings (SSSR count). The van der Waals surface area contributed by atoms with E-state index < -0.39 is 5.60 Å². The Kier molecular flexibility index (Phi) is 5.85. The van der Waals surface area contributed by atoms with Crippen LogP contribution in [-0.2, 0) is 16.8 Å². The Morgan fingerprint density at radius 2 is 1.50 bits per heavy atom. The summed E-state index contributed by atoms with van der Waals surface area (Å²) in [5.41, 5.74) is 4.55. The quantitative estimate of drug-likeness (QED) is 0.278. The van der Waals surface area contributed by atoms with E-state index in [0.717, 1.165) is 46.7 Å². The number of fused-ring (bicyclic) bond motifs is 6. The molecule has 0 saturated heterocycles. The highest BCUT2D eigenvalue weighted by Crippen LogP contribution is 2.57. The molecule has 0 amide bonds. The van der Waals surface area contributed by atoms with Crippen LogP contribution >= 0.6 is 0 Å². The van der Waals surface area contributed by atoms with Gasteiger partial charge in [-0.05, 0) is 44.4 Å². The summed E-state index contributed by atoms with van der Waals surface area (Å²) in [5.74, 6) is 1.19. The zero-order valence-corrected chi connectivity index (χ0v) is 20.6. The Labute approximate surface area is 202 Å². The summed E-state index contributed by atoms with van der Waals surface area (Å²) < 4.78 is 12.7. The number of nitrogens with zero attached hydrogens (tertiary/aromatic N) is 1. The zero-order chi connectivity index (χ0) is 23.9. The largest absolute Gasteiger partial charge is 0.456 e. The zero-order valence-electron chi connectivity index (χ0n) is 20.6. The third kappa shape index (κ3) is 3.39. The molecule has 2 heterocycles. The van der Waals surface area contributed by atoms with Crippen LogP contribution in [0.2, 0.25) is 0 Å². The summed E-state index contributed by atoms with van der Waals surface area (Å²) in [4.78, 5) is 16.0. The number of carbonyl (C=O) groups is 1. The molecule has 3 aromatic rings. The van der Waals surface area contributed by atoms with Crippen LogP contribution in [0.1, 0.15) is 79.1 Å². The van der Waals surface area contributed by atoms with Gasteiger partial charge >= 0.3 is 5.97 Å². The Hall–Kier alpha value is -3.27. The number of hydrogen-bond donors (Lipinski definition) is 0. The third-order valence-corrected chi connectivity index (χ3v) is 7.27. The van der Waals surface area contributed by atoms with Gasteiger partial charge in [0.1, 0.15) is 11.5 Å². The van der Waals surface area contributed by atoms with Crippen molar-refractivity contribution in [2.45, 2.75) is 64.5 Å². The molecule has 1 spiro atoms. The molecule has 3 aromatic carbocycles. The van der Waals surface area contributed by atoms with Crippen LogP contribution in [0, 0.1) is 0 Å². The van der Waals surface area contributed by atoms with Crippen molar-refractivity contribution >= 4 is 11.7 Å². The Morgan fingerprint density at radius 3 is 2.12 bits per heavy atom. The Balaban J connectivity index is 1.74. The van der Waals surface area contributed by atoms with E-state index in [1.807, 2.05) is 48.5 Å². The molecule has 0 fully saturated rings. The van der Waals surface area contributed by atoms with Gasteiger partial charge in [-0.1, -0.05) is 74.7 Å². The van der Waals surface area contributed by atoms with Gasteiger partial charge < -0.3 is 14.4 Å². The molecule has 34 heavy (non-hydrogen) atoms. The Morgan fingerprint density at radius 1 is 0.853 bits per heavy atom. The van der Waals surface area contributed by atoms with Gasteiger partial charge in [-0.2, -0.15) is 0 Å². The van der Waals surface area contributed by atoms with E-state index >= 15 is 0 Å². The van der Waals surface area contributed by atoms with E-state index in [-0.39, 0.29) is 12.0 Å². The highest BCUT2D eigenvalue weighted by Gasteiger charge is 2.54. The minimum Gasteiger partial charge on any atom is -0.456 e. The second-order valence-electron chi connectivity index (χ2n) is 9.68. The van der Waals surface area contributed by atoms with Crippen molar-refractivity contribution < 1.29 is 14.3 Å². The van der Waals surface area contributed by atoms with Crippen LogP contribution in [0.5, 0.6) is 11.5 Å². The number of aryl methyl sites for hydroxylation is 1. The molecule has 0 aromatic heterocycles. The predicted octanol–water partition coefficient (Wildman–Crippen LogP) is 7.22. The second kappa shape index (κ2) is 8.83. The fourth-order valence-corrected chi connectivity index (χ4v) is 5.34. The number of anilines is 1. The molecule has 4 heteroatoms. The summed E-state index contributed by atoms with van der Waals surface area (Å²) in [5, 5.41) is 0. The fourth-order valence-electron chi connectivity index (χ4n) is 5.34. The maximum atomic E-state index is 13.7. The second-order valence-corrected chi connectivity index (χ2v) is 9.68. The maximum absolute atomic E-state index is 13.7. The summed E-state index contributed by atoms with van der Waals surface area (Å²) in [7, 11) is 2.08. The first-order valence-corrected chi connectivity index (χ1v) is 12.5. The van der Waals surface area contributed by atoms with Gasteiger partial charge in [-0.25, -0.2) is 4.79 Å². The molecule has 4 nitrogen and oxygen atoms in total. The molecule has 2 aliphatic heterocycles. The normalized spacial score (nSPS) is 14.9. The van der Waals surface area contributed by atoms with Crippen molar-refractivity contribution in [1.82, 2.24) is 0 Å². The number of esters is 1. The van der Waals surface area contributed by atoms with Crippen molar-refractivity contribution in [1.29, 1.82) is 0 Å². The molecule has 0 N–H and O–H groups in total. The number of unbranched alkanes of at least 4 members (excludes halogenated alkanes) is 3. The Bertz CT molecular complexity index is 1180. The summed E-state index contributed by atoms with van der Waals surface area (Å²) in [6.07, 6.45) is 5.71. The molecular weight excluding hydrogens is 422 g/mol. The molecule has 0 aliphatic carbocycles. The number of hydrogen-bond acceptors (Lipinski definition) is 4.